The van der Waals surface area contributed by atoms with Gasteiger partial charge in [0.05, 0.1) is 33.3 Å². The van der Waals surface area contributed by atoms with E-state index < -0.39 is 0 Å². The highest BCUT2D eigenvalue weighted by atomic mass is 32.1. The Hall–Kier alpha value is -7.28. The van der Waals surface area contributed by atoms with Crippen LogP contribution in [0, 0.1) is 0 Å². The van der Waals surface area contributed by atoms with Gasteiger partial charge in [-0.15, -0.1) is 11.3 Å². The Morgan fingerprint density at radius 3 is 2.09 bits per heavy atom. The molecule has 6 heteroatoms. The highest BCUT2D eigenvalue weighted by molar-refractivity contribution is 7.27. The van der Waals surface area contributed by atoms with Crippen LogP contribution in [0.15, 0.2) is 180 Å². The highest BCUT2D eigenvalue weighted by Crippen LogP contribution is 2.47. The van der Waals surface area contributed by atoms with Crippen molar-refractivity contribution in [1.82, 2.24) is 9.13 Å². The van der Waals surface area contributed by atoms with Gasteiger partial charge in [-0.25, -0.2) is 4.99 Å². The van der Waals surface area contributed by atoms with Crippen molar-refractivity contribution in [3.8, 4) is 11.4 Å². The van der Waals surface area contributed by atoms with Crippen molar-refractivity contribution < 1.29 is 4.74 Å². The quantitative estimate of drug-likeness (QED) is 0.162. The number of nitrogens with zero attached hydrogens (tertiary/aromatic N) is 4. The van der Waals surface area contributed by atoms with Crippen molar-refractivity contribution in [1.29, 1.82) is 0 Å². The van der Waals surface area contributed by atoms with Crippen LogP contribution in [0.5, 0.6) is 5.75 Å². The molecule has 0 fully saturated rings. The van der Waals surface area contributed by atoms with E-state index in [0.29, 0.717) is 12.6 Å². The molecule has 268 valence electrons. The van der Waals surface area contributed by atoms with Gasteiger partial charge in [0.2, 0.25) is 5.90 Å². The van der Waals surface area contributed by atoms with Gasteiger partial charge in [-0.3, -0.25) is 4.99 Å². The number of ether oxygens (including phenoxy) is 1. The summed E-state index contributed by atoms with van der Waals surface area (Å²) >= 11 is 1.86. The van der Waals surface area contributed by atoms with Gasteiger partial charge in [0.1, 0.15) is 12.4 Å². The fourth-order valence-electron chi connectivity index (χ4n) is 9.15. The van der Waals surface area contributed by atoms with E-state index in [-0.39, 0.29) is 0 Å². The maximum absolute atomic E-state index is 6.67. The monoisotopic (exact) mass is 748 g/mol. The van der Waals surface area contributed by atoms with Gasteiger partial charge >= 0.3 is 0 Å². The number of rotatable bonds is 5. The summed E-state index contributed by atoms with van der Waals surface area (Å²) in [5.74, 6) is 1.29. The normalized spacial score (nSPS) is 14.5. The molecule has 8 aromatic carbocycles. The molecule has 0 spiro atoms. The van der Waals surface area contributed by atoms with Crippen molar-refractivity contribution in [2.45, 2.75) is 6.67 Å². The Morgan fingerprint density at radius 2 is 1.25 bits per heavy atom. The standard InChI is InChI=1S/C51H32N4OS/c1-52-48(31-27-28-42-39(29-31)33-17-7-12-24-41(33)55(42)32-15-3-2-4-16-32)46-37-21-9-13-25-43(37)56-51(46)53-30-54-40-23-11-8-20-36(40)45-34-18-5-6-19-35(34)50-47(49(45)54)38-22-10-14-26-44(38)57-50/h2-29H,1,30H2/b48-46-,53-51+. The van der Waals surface area contributed by atoms with Crippen LogP contribution in [0.1, 0.15) is 11.1 Å². The van der Waals surface area contributed by atoms with Crippen LogP contribution in [0.2, 0.25) is 0 Å². The summed E-state index contributed by atoms with van der Waals surface area (Å²) in [6, 6.07) is 60.1. The number of aromatic nitrogens is 2. The summed E-state index contributed by atoms with van der Waals surface area (Å²) < 4.78 is 13.9. The van der Waals surface area contributed by atoms with E-state index in [1.54, 1.807) is 0 Å². The Morgan fingerprint density at radius 1 is 0.579 bits per heavy atom. The Balaban J connectivity index is 1.09. The van der Waals surface area contributed by atoms with E-state index in [0.717, 1.165) is 55.8 Å². The zero-order valence-corrected chi connectivity index (χ0v) is 31.5. The summed E-state index contributed by atoms with van der Waals surface area (Å²) in [6.45, 7) is 4.48. The molecule has 0 unspecified atom stereocenters. The molecular formula is C51H32N4OS. The van der Waals surface area contributed by atoms with Crippen LogP contribution >= 0.6 is 11.3 Å². The average molecular weight is 749 g/mol. The van der Waals surface area contributed by atoms with E-state index in [4.69, 9.17) is 14.7 Å². The minimum atomic E-state index is 0.350. The lowest BCUT2D eigenvalue weighted by molar-refractivity contribution is 0.561. The van der Waals surface area contributed by atoms with Crippen molar-refractivity contribution in [2.75, 3.05) is 0 Å². The smallest absolute Gasteiger partial charge is 0.226 e. The van der Waals surface area contributed by atoms with Crippen LogP contribution in [0.3, 0.4) is 0 Å². The minimum Gasteiger partial charge on any atom is -0.438 e. The van der Waals surface area contributed by atoms with Crippen LogP contribution in [0.4, 0.5) is 0 Å². The van der Waals surface area contributed by atoms with Gasteiger partial charge in [0.25, 0.3) is 0 Å². The molecule has 11 aromatic rings. The SMILES string of the molecule is C=N/C(=C1\C(=N/Cn2c3ccccc3c3c4ccccc4c4sc5ccccc5c4c32)Oc2ccccc21)c1ccc2c(c1)c1ccccc1n2-c1ccccc1. The highest BCUT2D eigenvalue weighted by Gasteiger charge is 2.30. The first kappa shape index (κ1) is 32.0. The summed E-state index contributed by atoms with van der Waals surface area (Å²) in [7, 11) is 0. The first-order valence-corrected chi connectivity index (χ1v) is 19.9. The maximum atomic E-state index is 6.67. The number of aliphatic imine (C=N–C) groups is 2. The van der Waals surface area contributed by atoms with E-state index in [1.807, 2.05) is 29.5 Å². The largest absolute Gasteiger partial charge is 0.438 e. The summed E-state index contributed by atoms with van der Waals surface area (Å²) in [6.07, 6.45) is 0. The number of hydrogen-bond acceptors (Lipinski definition) is 4. The number of hydrogen-bond donors (Lipinski definition) is 0. The third-order valence-corrected chi connectivity index (χ3v) is 12.7. The van der Waals surface area contributed by atoms with E-state index in [9.17, 15) is 0 Å². The Bertz CT molecular complexity index is 3550. The predicted octanol–water partition coefficient (Wildman–Crippen LogP) is 13.4. The number of fused-ring (bicyclic) bond motifs is 14. The molecule has 0 aliphatic carbocycles. The third-order valence-electron chi connectivity index (χ3n) is 11.5. The summed E-state index contributed by atoms with van der Waals surface area (Å²) in [5, 5.41) is 9.84. The second kappa shape index (κ2) is 12.4. The molecule has 1 aliphatic heterocycles. The molecule has 0 saturated carbocycles. The molecule has 0 bridgehead atoms. The van der Waals surface area contributed by atoms with Crippen LogP contribution in [-0.2, 0) is 6.67 Å². The molecule has 1 aliphatic rings. The second-order valence-electron chi connectivity index (χ2n) is 14.5. The maximum Gasteiger partial charge on any atom is 0.226 e. The molecule has 5 nitrogen and oxygen atoms in total. The van der Waals surface area contributed by atoms with Gasteiger partial charge in [-0.2, -0.15) is 0 Å². The fourth-order valence-corrected chi connectivity index (χ4v) is 10.4. The molecule has 0 radical (unpaired) electrons. The summed E-state index contributed by atoms with van der Waals surface area (Å²) in [4.78, 5) is 10.1. The van der Waals surface area contributed by atoms with Crippen molar-refractivity contribution in [2.24, 2.45) is 9.98 Å². The Labute approximate surface area is 331 Å². The number of benzene rings is 8. The molecule has 4 heterocycles. The number of para-hydroxylation sites is 4. The molecule has 0 saturated heterocycles. The molecule has 0 amide bonds. The lowest BCUT2D eigenvalue weighted by Gasteiger charge is -2.11. The van der Waals surface area contributed by atoms with Crippen LogP contribution < -0.4 is 4.74 Å². The third kappa shape index (κ3) is 4.62. The Kier molecular flexibility index (Phi) is 6.94. The topological polar surface area (TPSA) is 43.8 Å². The molecule has 12 rings (SSSR count). The fraction of sp³-hybridized carbons (Fsp3) is 0.0196. The first-order valence-electron chi connectivity index (χ1n) is 19.1. The number of thiophene rings is 1. The summed E-state index contributed by atoms with van der Waals surface area (Å²) in [5.41, 5.74) is 9.19. The van der Waals surface area contributed by atoms with E-state index >= 15 is 0 Å². The predicted molar refractivity (Wildman–Crippen MR) is 241 cm³/mol. The van der Waals surface area contributed by atoms with Crippen LogP contribution in [-0.4, -0.2) is 21.7 Å². The lowest BCUT2D eigenvalue weighted by Crippen LogP contribution is -2.07. The molecule has 57 heavy (non-hydrogen) atoms. The zero-order chi connectivity index (χ0) is 37.6. The van der Waals surface area contributed by atoms with Gasteiger partial charge in [-0.05, 0) is 60.6 Å². The van der Waals surface area contributed by atoms with Gasteiger partial charge in [-0.1, -0.05) is 121 Å². The average Bonchev–Trinajstić information content (AvgIpc) is 4.02. The van der Waals surface area contributed by atoms with E-state index in [1.165, 1.54) is 52.6 Å². The molecular weight excluding hydrogens is 717 g/mol. The van der Waals surface area contributed by atoms with Crippen molar-refractivity contribution in [3.63, 3.8) is 0 Å². The van der Waals surface area contributed by atoms with E-state index in [2.05, 4.69) is 168 Å². The second-order valence-corrected chi connectivity index (χ2v) is 15.6. The zero-order valence-electron chi connectivity index (χ0n) is 30.7. The van der Waals surface area contributed by atoms with Crippen molar-refractivity contribution in [3.05, 3.63) is 181 Å². The lowest BCUT2D eigenvalue weighted by atomic mass is 9.99. The molecule has 0 atom stereocenters. The van der Waals surface area contributed by atoms with Crippen LogP contribution in [0.25, 0.3) is 91.5 Å². The van der Waals surface area contributed by atoms with Gasteiger partial charge in [0, 0.05) is 63.9 Å². The molecule has 0 N–H and O–H groups in total. The van der Waals surface area contributed by atoms with Crippen molar-refractivity contribution >= 4 is 110 Å². The first-order chi connectivity index (χ1) is 28.3. The molecule has 3 aromatic heterocycles. The van der Waals surface area contributed by atoms with Gasteiger partial charge < -0.3 is 13.9 Å². The minimum absolute atomic E-state index is 0.350. The van der Waals surface area contributed by atoms with Gasteiger partial charge in [0.15, 0.2) is 0 Å².